The topological polar surface area (TPSA) is 55.4 Å². The summed E-state index contributed by atoms with van der Waals surface area (Å²) in [7, 11) is 0. The van der Waals surface area contributed by atoms with Gasteiger partial charge < -0.3 is 10.1 Å². The molecule has 0 bridgehead atoms. The molecule has 1 amide bonds. The number of benzene rings is 1. The first kappa shape index (κ1) is 16.2. The van der Waals surface area contributed by atoms with Gasteiger partial charge in [-0.15, -0.1) is 11.3 Å². The molecule has 0 fully saturated rings. The first-order chi connectivity index (χ1) is 10.6. The van der Waals surface area contributed by atoms with E-state index in [1.165, 1.54) is 22.5 Å². The number of esters is 1. The first-order valence-corrected chi connectivity index (χ1v) is 8.02. The summed E-state index contributed by atoms with van der Waals surface area (Å²) in [6, 6.07) is 11.8. The number of hydrogen-bond donors (Lipinski definition) is 1. The second kappa shape index (κ2) is 8.34. The molecule has 2 aromatic rings. The molecule has 1 heterocycles. The monoisotopic (exact) mass is 317 g/mol. The average molecular weight is 317 g/mol. The lowest BCUT2D eigenvalue weighted by molar-refractivity contribution is -0.147. The van der Waals surface area contributed by atoms with Crippen molar-refractivity contribution in [1.82, 2.24) is 5.32 Å². The van der Waals surface area contributed by atoms with Gasteiger partial charge >= 0.3 is 5.97 Å². The van der Waals surface area contributed by atoms with E-state index in [0.717, 1.165) is 11.3 Å². The number of rotatable bonds is 7. The van der Waals surface area contributed by atoms with E-state index in [0.29, 0.717) is 6.54 Å². The van der Waals surface area contributed by atoms with Crippen molar-refractivity contribution < 1.29 is 14.3 Å². The highest BCUT2D eigenvalue weighted by molar-refractivity contribution is 7.10. The Morgan fingerprint density at radius 2 is 2.00 bits per heavy atom. The Labute approximate surface area is 134 Å². The standard InChI is InChI=1S/C17H19NO3S/c1-13-5-2-3-6-14(13)8-9-18-16(19)12-21-17(20)11-15-7-4-10-22-15/h2-7,10H,8-9,11-12H2,1H3,(H,18,19). The maximum atomic E-state index is 11.6. The van der Waals surface area contributed by atoms with Gasteiger partial charge in [0.15, 0.2) is 6.61 Å². The van der Waals surface area contributed by atoms with Gasteiger partial charge in [-0.05, 0) is 35.9 Å². The highest BCUT2D eigenvalue weighted by Gasteiger charge is 2.09. The lowest BCUT2D eigenvalue weighted by Gasteiger charge is -2.08. The molecule has 5 heteroatoms. The van der Waals surface area contributed by atoms with Crippen LogP contribution in [0.4, 0.5) is 0 Å². The normalized spacial score (nSPS) is 10.2. The summed E-state index contributed by atoms with van der Waals surface area (Å²) in [6.45, 7) is 2.35. The van der Waals surface area contributed by atoms with Gasteiger partial charge in [0.2, 0.25) is 0 Å². The fraction of sp³-hybridized carbons (Fsp3) is 0.294. The van der Waals surface area contributed by atoms with Crippen LogP contribution in [-0.2, 0) is 27.2 Å². The number of nitrogens with one attached hydrogen (secondary N) is 1. The van der Waals surface area contributed by atoms with Crippen molar-refractivity contribution in [3.05, 3.63) is 57.8 Å². The largest absolute Gasteiger partial charge is 0.455 e. The Kier molecular flexibility index (Phi) is 6.15. The molecule has 22 heavy (non-hydrogen) atoms. The van der Waals surface area contributed by atoms with Crippen LogP contribution in [0, 0.1) is 6.92 Å². The van der Waals surface area contributed by atoms with Crippen molar-refractivity contribution in [1.29, 1.82) is 0 Å². The summed E-state index contributed by atoms with van der Waals surface area (Å²) in [5, 5.41) is 4.66. The van der Waals surface area contributed by atoms with Gasteiger partial charge in [-0.1, -0.05) is 30.3 Å². The minimum Gasteiger partial charge on any atom is -0.455 e. The van der Waals surface area contributed by atoms with E-state index in [1.54, 1.807) is 0 Å². The summed E-state index contributed by atoms with van der Waals surface area (Å²) < 4.78 is 4.96. The van der Waals surface area contributed by atoms with Crippen LogP contribution < -0.4 is 5.32 Å². The molecule has 1 aromatic carbocycles. The molecule has 0 aliphatic heterocycles. The fourth-order valence-corrected chi connectivity index (χ4v) is 2.72. The minimum absolute atomic E-state index is 0.216. The number of amides is 1. The van der Waals surface area contributed by atoms with Crippen molar-refractivity contribution in [2.45, 2.75) is 19.8 Å². The van der Waals surface area contributed by atoms with E-state index in [2.05, 4.69) is 5.32 Å². The zero-order valence-corrected chi connectivity index (χ0v) is 13.3. The molecular formula is C17H19NO3S. The SMILES string of the molecule is Cc1ccccc1CCNC(=O)COC(=O)Cc1cccs1. The number of thiophene rings is 1. The molecule has 0 spiro atoms. The number of carbonyl (C=O) groups excluding carboxylic acids is 2. The summed E-state index contributed by atoms with van der Waals surface area (Å²) in [4.78, 5) is 24.1. The third-order valence-electron chi connectivity index (χ3n) is 3.24. The molecule has 1 N–H and O–H groups in total. The molecule has 116 valence electrons. The Morgan fingerprint density at radius 1 is 1.18 bits per heavy atom. The van der Waals surface area contributed by atoms with Crippen LogP contribution >= 0.6 is 11.3 Å². The highest BCUT2D eigenvalue weighted by atomic mass is 32.1. The maximum absolute atomic E-state index is 11.6. The fourth-order valence-electron chi connectivity index (χ4n) is 2.03. The smallest absolute Gasteiger partial charge is 0.311 e. The van der Waals surface area contributed by atoms with Crippen LogP contribution in [0.5, 0.6) is 0 Å². The number of ether oxygens (including phenoxy) is 1. The van der Waals surface area contributed by atoms with Gasteiger partial charge in [0.05, 0.1) is 6.42 Å². The van der Waals surface area contributed by atoms with Crippen LogP contribution in [0.15, 0.2) is 41.8 Å². The molecule has 0 aliphatic carbocycles. The Hall–Kier alpha value is -2.14. The third-order valence-corrected chi connectivity index (χ3v) is 4.12. The predicted molar refractivity (Wildman–Crippen MR) is 86.9 cm³/mol. The molecule has 4 nitrogen and oxygen atoms in total. The van der Waals surface area contributed by atoms with Crippen LogP contribution in [0.3, 0.4) is 0 Å². The molecule has 0 radical (unpaired) electrons. The van der Waals surface area contributed by atoms with Gasteiger partial charge in [0, 0.05) is 11.4 Å². The van der Waals surface area contributed by atoms with Crippen LogP contribution in [0.2, 0.25) is 0 Å². The molecular weight excluding hydrogens is 298 g/mol. The highest BCUT2D eigenvalue weighted by Crippen LogP contribution is 2.09. The lowest BCUT2D eigenvalue weighted by Crippen LogP contribution is -2.30. The summed E-state index contributed by atoms with van der Waals surface area (Å²) >= 11 is 1.50. The molecule has 0 unspecified atom stereocenters. The number of hydrogen-bond acceptors (Lipinski definition) is 4. The third kappa shape index (κ3) is 5.33. The van der Waals surface area contributed by atoms with Crippen LogP contribution in [-0.4, -0.2) is 25.0 Å². The Bertz CT molecular complexity index is 623. The first-order valence-electron chi connectivity index (χ1n) is 7.14. The van der Waals surface area contributed by atoms with E-state index < -0.39 is 0 Å². The molecule has 1 aromatic heterocycles. The van der Waals surface area contributed by atoms with Crippen molar-refractivity contribution in [2.75, 3.05) is 13.2 Å². The number of carbonyl (C=O) groups is 2. The summed E-state index contributed by atoms with van der Waals surface area (Å²) in [6.07, 6.45) is 0.982. The Balaban J connectivity index is 1.64. The summed E-state index contributed by atoms with van der Waals surface area (Å²) in [5.74, 6) is -0.649. The molecule has 0 aliphatic rings. The van der Waals surface area contributed by atoms with E-state index >= 15 is 0 Å². The predicted octanol–water partition coefficient (Wildman–Crippen LogP) is 2.50. The average Bonchev–Trinajstić information content (AvgIpc) is 3.00. The zero-order valence-electron chi connectivity index (χ0n) is 12.5. The second-order valence-corrected chi connectivity index (χ2v) is 5.98. The molecule has 0 saturated carbocycles. The van der Waals surface area contributed by atoms with Gasteiger partial charge in [-0.3, -0.25) is 9.59 Å². The van der Waals surface area contributed by atoms with Gasteiger partial charge in [0.1, 0.15) is 0 Å². The lowest BCUT2D eigenvalue weighted by atomic mass is 10.1. The van der Waals surface area contributed by atoms with Gasteiger partial charge in [-0.25, -0.2) is 0 Å². The van der Waals surface area contributed by atoms with Crippen molar-refractivity contribution >= 4 is 23.2 Å². The molecule has 0 atom stereocenters. The van der Waals surface area contributed by atoms with E-state index in [4.69, 9.17) is 4.74 Å². The van der Waals surface area contributed by atoms with E-state index in [1.807, 2.05) is 48.7 Å². The van der Waals surface area contributed by atoms with Gasteiger partial charge in [-0.2, -0.15) is 0 Å². The number of aryl methyl sites for hydroxylation is 1. The van der Waals surface area contributed by atoms with E-state index in [-0.39, 0.29) is 24.9 Å². The Morgan fingerprint density at radius 3 is 2.73 bits per heavy atom. The van der Waals surface area contributed by atoms with Crippen LogP contribution in [0.1, 0.15) is 16.0 Å². The van der Waals surface area contributed by atoms with Crippen molar-refractivity contribution in [3.63, 3.8) is 0 Å². The van der Waals surface area contributed by atoms with E-state index in [9.17, 15) is 9.59 Å². The van der Waals surface area contributed by atoms with Crippen molar-refractivity contribution in [3.8, 4) is 0 Å². The minimum atomic E-state index is -0.378. The molecule has 2 rings (SSSR count). The zero-order chi connectivity index (χ0) is 15.8. The second-order valence-electron chi connectivity index (χ2n) is 4.94. The summed E-state index contributed by atoms with van der Waals surface area (Å²) in [5.41, 5.74) is 2.41. The van der Waals surface area contributed by atoms with Crippen LogP contribution in [0.25, 0.3) is 0 Å². The maximum Gasteiger partial charge on any atom is 0.311 e. The van der Waals surface area contributed by atoms with Gasteiger partial charge in [0.25, 0.3) is 5.91 Å². The van der Waals surface area contributed by atoms with Crippen molar-refractivity contribution in [2.24, 2.45) is 0 Å². The quantitative estimate of drug-likeness (QED) is 0.798. The molecule has 0 saturated heterocycles.